The van der Waals surface area contributed by atoms with Crippen molar-refractivity contribution in [3.63, 3.8) is 0 Å². The van der Waals surface area contributed by atoms with Crippen LogP contribution in [0.25, 0.3) is 0 Å². The van der Waals surface area contributed by atoms with Crippen molar-refractivity contribution in [2.24, 2.45) is 0 Å². The average molecular weight is 255 g/mol. The lowest BCUT2D eigenvalue weighted by molar-refractivity contribution is 0.100. The van der Waals surface area contributed by atoms with Gasteiger partial charge in [0.2, 0.25) is 0 Å². The first kappa shape index (κ1) is 12.2. The highest BCUT2D eigenvalue weighted by molar-refractivity contribution is 6.55. The Morgan fingerprint density at radius 2 is 1.93 bits per heavy atom. The van der Waals surface area contributed by atoms with Gasteiger partial charge in [0.25, 0.3) is 0 Å². The molecule has 0 aromatic heterocycles. The Hall–Kier alpha value is -0.870. The normalized spacial score (nSPS) is 10.5. The third-order valence-electron chi connectivity index (χ3n) is 1.71. The van der Waals surface area contributed by atoms with E-state index in [4.69, 9.17) is 23.2 Å². The first-order valence-corrected chi connectivity index (χ1v) is 4.70. The number of ketones is 1. The van der Waals surface area contributed by atoms with Crippen LogP contribution in [0.4, 0.5) is 8.78 Å². The molecule has 0 amide bonds. The van der Waals surface area contributed by atoms with Crippen LogP contribution < -0.4 is 4.74 Å². The first-order valence-electron chi connectivity index (χ1n) is 3.82. The summed E-state index contributed by atoms with van der Waals surface area (Å²) in [6, 6.07) is 1.47. The van der Waals surface area contributed by atoms with Crippen LogP contribution in [0.3, 0.4) is 0 Å². The second-order valence-electron chi connectivity index (χ2n) is 2.63. The molecule has 0 aliphatic heterocycles. The highest BCUT2D eigenvalue weighted by Crippen LogP contribution is 2.23. The summed E-state index contributed by atoms with van der Waals surface area (Å²) in [6.07, 6.45) is 0. The van der Waals surface area contributed by atoms with E-state index in [0.717, 1.165) is 6.07 Å². The zero-order valence-corrected chi connectivity index (χ0v) is 9.07. The Kier molecular flexibility index (Phi) is 3.88. The predicted octanol–water partition coefficient (Wildman–Crippen LogP) is 2.96. The Labute approximate surface area is 94.7 Å². The average Bonchev–Trinajstić information content (AvgIpc) is 2.19. The highest BCUT2D eigenvalue weighted by atomic mass is 35.5. The van der Waals surface area contributed by atoms with Crippen molar-refractivity contribution < 1.29 is 18.3 Å². The molecule has 0 atom stereocenters. The Morgan fingerprint density at radius 3 is 2.40 bits per heavy atom. The Bertz CT molecular complexity index is 394. The number of hydrogen-bond donors (Lipinski definition) is 0. The van der Waals surface area contributed by atoms with E-state index in [9.17, 15) is 13.6 Å². The number of benzene rings is 1. The number of Topliss-reactive ketones (excluding diaryl/α,β-unsaturated/α-hetero) is 1. The van der Waals surface area contributed by atoms with E-state index >= 15 is 0 Å². The lowest BCUT2D eigenvalue weighted by Crippen LogP contribution is -2.11. The molecule has 1 rings (SSSR count). The van der Waals surface area contributed by atoms with Gasteiger partial charge >= 0.3 is 0 Å². The Balaban J connectivity index is 3.22. The lowest BCUT2D eigenvalue weighted by Gasteiger charge is -2.06. The van der Waals surface area contributed by atoms with Crippen molar-refractivity contribution in [3.05, 3.63) is 29.3 Å². The van der Waals surface area contributed by atoms with Crippen molar-refractivity contribution in [2.45, 2.75) is 4.84 Å². The molecule has 1 aromatic rings. The van der Waals surface area contributed by atoms with Crippen LogP contribution in [-0.4, -0.2) is 17.7 Å². The fourth-order valence-electron chi connectivity index (χ4n) is 0.991. The van der Waals surface area contributed by atoms with Gasteiger partial charge in [-0.05, 0) is 6.07 Å². The summed E-state index contributed by atoms with van der Waals surface area (Å²) in [5.74, 6) is -2.96. The number of carbonyl (C=O) groups excluding carboxylic acids is 1. The molecule has 0 fully saturated rings. The van der Waals surface area contributed by atoms with Crippen LogP contribution in [0.2, 0.25) is 0 Å². The van der Waals surface area contributed by atoms with Gasteiger partial charge in [-0.25, -0.2) is 8.78 Å². The van der Waals surface area contributed by atoms with Crippen molar-refractivity contribution in [2.75, 3.05) is 7.11 Å². The summed E-state index contributed by atoms with van der Waals surface area (Å²) < 4.78 is 30.9. The molecule has 0 aliphatic rings. The SMILES string of the molecule is COc1cc(F)c(C(=O)C(Cl)Cl)cc1F. The third kappa shape index (κ3) is 2.58. The highest BCUT2D eigenvalue weighted by Gasteiger charge is 2.21. The van der Waals surface area contributed by atoms with Gasteiger partial charge in [-0.15, -0.1) is 0 Å². The molecule has 1 aromatic carbocycles. The van der Waals surface area contributed by atoms with E-state index in [1.54, 1.807) is 0 Å². The van der Waals surface area contributed by atoms with Gasteiger partial charge < -0.3 is 4.74 Å². The number of hydrogen-bond acceptors (Lipinski definition) is 2. The molecule has 0 radical (unpaired) electrons. The quantitative estimate of drug-likeness (QED) is 0.613. The summed E-state index contributed by atoms with van der Waals surface area (Å²) >= 11 is 10.5. The van der Waals surface area contributed by atoms with Gasteiger partial charge in [-0.1, -0.05) is 23.2 Å². The number of alkyl halides is 2. The van der Waals surface area contributed by atoms with Crippen LogP contribution in [0, 0.1) is 11.6 Å². The fraction of sp³-hybridized carbons (Fsp3) is 0.222. The summed E-state index contributed by atoms with van der Waals surface area (Å²) in [5, 5.41) is 0. The predicted molar refractivity (Wildman–Crippen MR) is 52.7 cm³/mol. The topological polar surface area (TPSA) is 26.3 Å². The maximum atomic E-state index is 13.2. The van der Waals surface area contributed by atoms with Gasteiger partial charge in [-0.3, -0.25) is 4.79 Å². The smallest absolute Gasteiger partial charge is 0.198 e. The monoisotopic (exact) mass is 254 g/mol. The molecule has 2 nitrogen and oxygen atoms in total. The molecule has 6 heteroatoms. The molecule has 0 saturated heterocycles. The molecule has 0 unspecified atom stereocenters. The molecule has 0 heterocycles. The van der Waals surface area contributed by atoms with Crippen LogP contribution in [0.5, 0.6) is 5.75 Å². The zero-order chi connectivity index (χ0) is 11.6. The molecule has 82 valence electrons. The summed E-state index contributed by atoms with van der Waals surface area (Å²) in [4.78, 5) is 9.78. The minimum absolute atomic E-state index is 0.287. The van der Waals surface area contributed by atoms with Crippen LogP contribution in [0.1, 0.15) is 10.4 Å². The van der Waals surface area contributed by atoms with E-state index in [1.165, 1.54) is 7.11 Å². The zero-order valence-electron chi connectivity index (χ0n) is 7.56. The van der Waals surface area contributed by atoms with E-state index < -0.39 is 27.8 Å². The van der Waals surface area contributed by atoms with E-state index in [0.29, 0.717) is 6.07 Å². The first-order chi connectivity index (χ1) is 6.97. The van der Waals surface area contributed by atoms with Crippen molar-refractivity contribution >= 4 is 29.0 Å². The largest absolute Gasteiger partial charge is 0.494 e. The minimum Gasteiger partial charge on any atom is -0.494 e. The van der Waals surface area contributed by atoms with Gasteiger partial charge in [0.1, 0.15) is 5.82 Å². The third-order valence-corrected chi connectivity index (χ3v) is 2.10. The van der Waals surface area contributed by atoms with Gasteiger partial charge in [0.15, 0.2) is 22.2 Å². The van der Waals surface area contributed by atoms with E-state index in [1.807, 2.05) is 0 Å². The standard InChI is InChI=1S/C9H6Cl2F2O2/c1-15-7-3-5(12)4(2-6(7)13)8(14)9(10)11/h2-3,9H,1H3. The number of ether oxygens (including phenoxy) is 1. The summed E-state index contributed by atoms with van der Waals surface area (Å²) in [5.41, 5.74) is -0.497. The van der Waals surface area contributed by atoms with Crippen molar-refractivity contribution in [1.82, 2.24) is 0 Å². The molecule has 0 spiro atoms. The molecule has 15 heavy (non-hydrogen) atoms. The molecule has 0 aliphatic carbocycles. The van der Waals surface area contributed by atoms with Gasteiger partial charge in [0, 0.05) is 6.07 Å². The summed E-state index contributed by atoms with van der Waals surface area (Å²) in [7, 11) is 1.19. The molecular weight excluding hydrogens is 249 g/mol. The van der Waals surface area contributed by atoms with E-state index in [-0.39, 0.29) is 5.75 Å². The second kappa shape index (κ2) is 4.77. The van der Waals surface area contributed by atoms with Crippen LogP contribution in [-0.2, 0) is 0 Å². The van der Waals surface area contributed by atoms with E-state index in [2.05, 4.69) is 4.74 Å². The molecule has 0 N–H and O–H groups in total. The van der Waals surface area contributed by atoms with Crippen LogP contribution >= 0.6 is 23.2 Å². The summed E-state index contributed by atoms with van der Waals surface area (Å²) in [6.45, 7) is 0. The Morgan fingerprint density at radius 1 is 1.33 bits per heavy atom. The van der Waals surface area contributed by atoms with Crippen LogP contribution in [0.15, 0.2) is 12.1 Å². The van der Waals surface area contributed by atoms with Crippen molar-refractivity contribution in [1.29, 1.82) is 0 Å². The molecular formula is C9H6Cl2F2O2. The molecule has 0 bridgehead atoms. The molecule has 0 saturated carbocycles. The fourth-order valence-corrected chi connectivity index (χ4v) is 1.23. The number of halogens is 4. The maximum Gasteiger partial charge on any atom is 0.198 e. The number of carbonyl (C=O) groups is 1. The van der Waals surface area contributed by atoms with Gasteiger partial charge in [-0.2, -0.15) is 0 Å². The minimum atomic E-state index is -1.42. The number of methoxy groups -OCH3 is 1. The van der Waals surface area contributed by atoms with Gasteiger partial charge in [0.05, 0.1) is 12.7 Å². The van der Waals surface area contributed by atoms with Crippen molar-refractivity contribution in [3.8, 4) is 5.75 Å². The second-order valence-corrected chi connectivity index (χ2v) is 3.73. The number of rotatable bonds is 3. The maximum absolute atomic E-state index is 13.2. The lowest BCUT2D eigenvalue weighted by atomic mass is 10.1.